The fraction of sp³-hybridized carbons (Fsp3) is 0.556. The summed E-state index contributed by atoms with van der Waals surface area (Å²) in [4.78, 5) is 28.2. The number of phenolic OH excluding ortho intramolecular Hbond substituents is 1. The molecule has 1 saturated heterocycles. The van der Waals surface area contributed by atoms with E-state index in [0.29, 0.717) is 45.0 Å². The highest BCUT2D eigenvalue weighted by Gasteiger charge is 2.26. The molecular formula is C18H26N2O5. The topological polar surface area (TPSA) is 79.3 Å². The number of nitrogens with zero attached hydrogens (tertiary/aromatic N) is 2. The van der Waals surface area contributed by atoms with Crippen LogP contribution in [-0.2, 0) is 14.3 Å². The molecule has 0 aliphatic carbocycles. The minimum Gasteiger partial charge on any atom is -0.508 e. The van der Waals surface area contributed by atoms with Gasteiger partial charge in [-0.05, 0) is 37.6 Å². The molecule has 7 nitrogen and oxygen atoms in total. The second-order valence-electron chi connectivity index (χ2n) is 6.06. The standard InChI is InChI=1S/C18H26N2O5/c1-14(25-16-6-4-15(21)5-7-16)18(23)20-10-3-9-19(11-12-20)17(22)8-13-24-2/h4-7,14,21H,3,8-13H2,1-2H3. The lowest BCUT2D eigenvalue weighted by molar-refractivity contribution is -0.138. The van der Waals surface area contributed by atoms with Crippen molar-refractivity contribution in [3.8, 4) is 11.5 Å². The zero-order valence-electron chi connectivity index (χ0n) is 14.8. The maximum absolute atomic E-state index is 12.6. The molecule has 0 aromatic heterocycles. The number of carbonyl (C=O) groups excluding carboxylic acids is 2. The van der Waals surface area contributed by atoms with Gasteiger partial charge < -0.3 is 24.4 Å². The van der Waals surface area contributed by atoms with Crippen LogP contribution in [0.3, 0.4) is 0 Å². The highest BCUT2D eigenvalue weighted by Crippen LogP contribution is 2.18. The molecule has 1 aromatic rings. The maximum Gasteiger partial charge on any atom is 0.263 e. The van der Waals surface area contributed by atoms with Gasteiger partial charge in [0.25, 0.3) is 5.91 Å². The Kier molecular flexibility index (Phi) is 7.06. The summed E-state index contributed by atoms with van der Waals surface area (Å²) in [6.45, 7) is 4.41. The van der Waals surface area contributed by atoms with Crippen LogP contribution in [0.15, 0.2) is 24.3 Å². The van der Waals surface area contributed by atoms with Gasteiger partial charge >= 0.3 is 0 Å². The molecule has 0 radical (unpaired) electrons. The number of aromatic hydroxyl groups is 1. The Morgan fingerprint density at radius 3 is 2.44 bits per heavy atom. The molecular weight excluding hydrogens is 324 g/mol. The van der Waals surface area contributed by atoms with E-state index in [1.807, 2.05) is 0 Å². The molecule has 1 aromatic carbocycles. The Bertz CT molecular complexity index is 575. The van der Waals surface area contributed by atoms with Gasteiger partial charge in [-0.15, -0.1) is 0 Å². The van der Waals surface area contributed by atoms with E-state index in [1.54, 1.807) is 36.0 Å². The van der Waals surface area contributed by atoms with Gasteiger partial charge in [0.2, 0.25) is 5.91 Å². The highest BCUT2D eigenvalue weighted by molar-refractivity contribution is 5.81. The Morgan fingerprint density at radius 2 is 1.76 bits per heavy atom. The van der Waals surface area contributed by atoms with Gasteiger partial charge in [-0.25, -0.2) is 0 Å². The normalized spacial score (nSPS) is 16.2. The van der Waals surface area contributed by atoms with Crippen LogP contribution in [0.5, 0.6) is 11.5 Å². The van der Waals surface area contributed by atoms with Crippen molar-refractivity contribution >= 4 is 11.8 Å². The van der Waals surface area contributed by atoms with Crippen LogP contribution in [-0.4, -0.2) is 72.7 Å². The van der Waals surface area contributed by atoms with E-state index < -0.39 is 6.10 Å². The lowest BCUT2D eigenvalue weighted by Crippen LogP contribution is -2.43. The van der Waals surface area contributed by atoms with Gasteiger partial charge in [0.05, 0.1) is 13.0 Å². The molecule has 25 heavy (non-hydrogen) atoms. The molecule has 1 N–H and O–H groups in total. The van der Waals surface area contributed by atoms with E-state index in [0.717, 1.165) is 6.42 Å². The monoisotopic (exact) mass is 350 g/mol. The van der Waals surface area contributed by atoms with E-state index >= 15 is 0 Å². The summed E-state index contributed by atoms with van der Waals surface area (Å²) in [5.41, 5.74) is 0. The number of carbonyl (C=O) groups is 2. The first-order valence-corrected chi connectivity index (χ1v) is 8.52. The average molecular weight is 350 g/mol. The minimum absolute atomic E-state index is 0.0598. The third-order valence-corrected chi connectivity index (χ3v) is 4.18. The fourth-order valence-electron chi connectivity index (χ4n) is 2.77. The zero-order chi connectivity index (χ0) is 18.2. The van der Waals surface area contributed by atoms with Crippen molar-refractivity contribution in [2.45, 2.75) is 25.9 Å². The van der Waals surface area contributed by atoms with Crippen molar-refractivity contribution in [3.05, 3.63) is 24.3 Å². The number of ether oxygens (including phenoxy) is 2. The first-order valence-electron chi connectivity index (χ1n) is 8.52. The van der Waals surface area contributed by atoms with Gasteiger partial charge in [-0.2, -0.15) is 0 Å². The average Bonchev–Trinajstić information content (AvgIpc) is 2.87. The predicted octanol–water partition coefficient (Wildman–Crippen LogP) is 1.26. The smallest absolute Gasteiger partial charge is 0.263 e. The minimum atomic E-state index is -0.625. The quantitative estimate of drug-likeness (QED) is 0.835. The van der Waals surface area contributed by atoms with Crippen LogP contribution in [0.2, 0.25) is 0 Å². The molecule has 1 aliphatic heterocycles. The van der Waals surface area contributed by atoms with Crippen LogP contribution in [0, 0.1) is 0 Å². The summed E-state index contributed by atoms with van der Waals surface area (Å²) in [6.07, 6.45) is 0.488. The molecule has 2 amide bonds. The number of benzene rings is 1. The summed E-state index contributed by atoms with van der Waals surface area (Å²) in [5.74, 6) is 0.644. The lowest BCUT2D eigenvalue weighted by Gasteiger charge is -2.25. The van der Waals surface area contributed by atoms with E-state index in [1.165, 1.54) is 12.1 Å². The van der Waals surface area contributed by atoms with Gasteiger partial charge in [0.1, 0.15) is 11.5 Å². The Labute approximate surface area is 148 Å². The molecule has 2 rings (SSSR count). The Balaban J connectivity index is 1.87. The molecule has 1 atom stereocenters. The van der Waals surface area contributed by atoms with Gasteiger partial charge in [0, 0.05) is 33.3 Å². The van der Waals surface area contributed by atoms with Crippen molar-refractivity contribution in [1.82, 2.24) is 9.80 Å². The molecule has 1 fully saturated rings. The number of amides is 2. The van der Waals surface area contributed by atoms with Crippen molar-refractivity contribution in [3.63, 3.8) is 0 Å². The number of hydrogen-bond donors (Lipinski definition) is 1. The zero-order valence-corrected chi connectivity index (χ0v) is 14.8. The first-order chi connectivity index (χ1) is 12.0. The number of phenols is 1. The first kappa shape index (κ1) is 19.1. The SMILES string of the molecule is COCCC(=O)N1CCCN(C(=O)C(C)Oc2ccc(O)cc2)CC1. The molecule has 138 valence electrons. The van der Waals surface area contributed by atoms with Crippen LogP contribution >= 0.6 is 0 Å². The molecule has 1 heterocycles. The highest BCUT2D eigenvalue weighted by atomic mass is 16.5. The fourth-order valence-corrected chi connectivity index (χ4v) is 2.77. The second-order valence-corrected chi connectivity index (χ2v) is 6.06. The van der Waals surface area contributed by atoms with Gasteiger partial charge in [-0.1, -0.05) is 0 Å². The van der Waals surface area contributed by atoms with Crippen LogP contribution in [0.25, 0.3) is 0 Å². The van der Waals surface area contributed by atoms with Crippen molar-refractivity contribution in [2.75, 3.05) is 39.9 Å². The van der Waals surface area contributed by atoms with Crippen molar-refractivity contribution < 1.29 is 24.2 Å². The van der Waals surface area contributed by atoms with Crippen LogP contribution in [0.4, 0.5) is 0 Å². The van der Waals surface area contributed by atoms with E-state index in [9.17, 15) is 14.7 Å². The largest absolute Gasteiger partial charge is 0.508 e. The summed E-state index contributed by atoms with van der Waals surface area (Å²) in [6, 6.07) is 6.28. The second kappa shape index (κ2) is 9.27. The van der Waals surface area contributed by atoms with Crippen LogP contribution in [0.1, 0.15) is 19.8 Å². The van der Waals surface area contributed by atoms with Crippen molar-refractivity contribution in [1.29, 1.82) is 0 Å². The van der Waals surface area contributed by atoms with E-state index in [2.05, 4.69) is 0 Å². The van der Waals surface area contributed by atoms with E-state index in [-0.39, 0.29) is 17.6 Å². The molecule has 0 bridgehead atoms. The molecule has 0 spiro atoms. The number of methoxy groups -OCH3 is 1. The summed E-state index contributed by atoms with van der Waals surface area (Å²) in [5, 5.41) is 9.29. The lowest BCUT2D eigenvalue weighted by atomic mass is 10.3. The summed E-state index contributed by atoms with van der Waals surface area (Å²) < 4.78 is 10.6. The number of rotatable bonds is 6. The van der Waals surface area contributed by atoms with E-state index in [4.69, 9.17) is 9.47 Å². The Hall–Kier alpha value is -2.28. The van der Waals surface area contributed by atoms with Crippen molar-refractivity contribution in [2.24, 2.45) is 0 Å². The molecule has 7 heteroatoms. The number of hydrogen-bond acceptors (Lipinski definition) is 5. The van der Waals surface area contributed by atoms with Gasteiger partial charge in [0.15, 0.2) is 6.10 Å². The summed E-state index contributed by atoms with van der Waals surface area (Å²) in [7, 11) is 1.57. The summed E-state index contributed by atoms with van der Waals surface area (Å²) >= 11 is 0. The van der Waals surface area contributed by atoms with Gasteiger partial charge in [-0.3, -0.25) is 9.59 Å². The molecule has 1 unspecified atom stereocenters. The maximum atomic E-state index is 12.6. The third kappa shape index (κ3) is 5.63. The van der Waals surface area contributed by atoms with Crippen LogP contribution < -0.4 is 4.74 Å². The Morgan fingerprint density at radius 1 is 1.12 bits per heavy atom. The third-order valence-electron chi connectivity index (χ3n) is 4.18. The molecule has 1 aliphatic rings. The molecule has 0 saturated carbocycles. The predicted molar refractivity (Wildman–Crippen MR) is 92.5 cm³/mol.